The van der Waals surface area contributed by atoms with E-state index in [0.29, 0.717) is 12.2 Å². The van der Waals surface area contributed by atoms with E-state index in [-0.39, 0.29) is 5.60 Å². The molecule has 0 aromatic heterocycles. The Kier molecular flexibility index (Phi) is 6.11. The van der Waals surface area contributed by atoms with Gasteiger partial charge in [0.15, 0.2) is 0 Å². The molecule has 112 valence electrons. The summed E-state index contributed by atoms with van der Waals surface area (Å²) in [6.45, 7) is 7.20. The Morgan fingerprint density at radius 3 is 2.74 bits per heavy atom. The van der Waals surface area contributed by atoms with E-state index in [1.54, 1.807) is 0 Å². The molecule has 1 heterocycles. The number of hydrogen-bond donors (Lipinski definition) is 1. The van der Waals surface area contributed by atoms with Gasteiger partial charge in [-0.15, -0.1) is 0 Å². The van der Waals surface area contributed by atoms with Crippen molar-refractivity contribution < 1.29 is 9.47 Å². The zero-order chi connectivity index (χ0) is 13.6. The SMILES string of the molecule is CC(C)OCCCCNCC1CCC2(CCCC2)O1. The normalized spacial score (nSPS) is 25.7. The molecule has 1 unspecified atom stereocenters. The van der Waals surface area contributed by atoms with Gasteiger partial charge in [0, 0.05) is 13.2 Å². The highest BCUT2D eigenvalue weighted by molar-refractivity contribution is 4.93. The van der Waals surface area contributed by atoms with Gasteiger partial charge in [-0.1, -0.05) is 12.8 Å². The number of nitrogens with one attached hydrogen (secondary N) is 1. The molecule has 2 aliphatic rings. The van der Waals surface area contributed by atoms with Gasteiger partial charge in [-0.3, -0.25) is 0 Å². The lowest BCUT2D eigenvalue weighted by Crippen LogP contribution is -2.31. The summed E-state index contributed by atoms with van der Waals surface area (Å²) in [7, 11) is 0. The van der Waals surface area contributed by atoms with Crippen LogP contribution in [0.25, 0.3) is 0 Å². The van der Waals surface area contributed by atoms with E-state index in [4.69, 9.17) is 9.47 Å². The summed E-state index contributed by atoms with van der Waals surface area (Å²) >= 11 is 0. The average molecular weight is 269 g/mol. The third-order valence-corrected chi connectivity index (χ3v) is 4.42. The van der Waals surface area contributed by atoms with Crippen LogP contribution in [0.1, 0.15) is 65.2 Å². The molecule has 1 spiro atoms. The van der Waals surface area contributed by atoms with E-state index in [1.165, 1.54) is 44.9 Å². The maximum atomic E-state index is 6.28. The van der Waals surface area contributed by atoms with Gasteiger partial charge in [0.1, 0.15) is 0 Å². The quantitative estimate of drug-likeness (QED) is 0.686. The summed E-state index contributed by atoms with van der Waals surface area (Å²) in [4.78, 5) is 0. The first-order valence-corrected chi connectivity index (χ1v) is 8.20. The van der Waals surface area contributed by atoms with Gasteiger partial charge in [-0.2, -0.15) is 0 Å². The molecule has 0 bridgehead atoms. The van der Waals surface area contributed by atoms with E-state index in [9.17, 15) is 0 Å². The van der Waals surface area contributed by atoms with E-state index in [0.717, 1.165) is 26.1 Å². The number of rotatable bonds is 8. The van der Waals surface area contributed by atoms with Gasteiger partial charge >= 0.3 is 0 Å². The Bertz CT molecular complexity index is 249. The van der Waals surface area contributed by atoms with E-state index in [2.05, 4.69) is 19.2 Å². The fourth-order valence-electron chi connectivity index (χ4n) is 3.36. The van der Waals surface area contributed by atoms with Crippen LogP contribution in [-0.2, 0) is 9.47 Å². The van der Waals surface area contributed by atoms with Gasteiger partial charge in [0.25, 0.3) is 0 Å². The molecular formula is C16H31NO2. The van der Waals surface area contributed by atoms with Crippen molar-refractivity contribution in [1.82, 2.24) is 5.32 Å². The first kappa shape index (κ1) is 15.3. The number of ether oxygens (including phenoxy) is 2. The summed E-state index contributed by atoms with van der Waals surface area (Å²) in [6, 6.07) is 0. The van der Waals surface area contributed by atoms with Crippen molar-refractivity contribution in [2.24, 2.45) is 0 Å². The molecule has 2 rings (SSSR count). The van der Waals surface area contributed by atoms with Crippen molar-refractivity contribution in [3.63, 3.8) is 0 Å². The molecule has 3 heteroatoms. The molecule has 19 heavy (non-hydrogen) atoms. The van der Waals surface area contributed by atoms with Crippen LogP contribution in [-0.4, -0.2) is 37.5 Å². The van der Waals surface area contributed by atoms with E-state index >= 15 is 0 Å². The van der Waals surface area contributed by atoms with E-state index < -0.39 is 0 Å². The molecule has 3 nitrogen and oxygen atoms in total. The molecule has 1 aliphatic carbocycles. The number of unbranched alkanes of at least 4 members (excludes halogenated alkanes) is 1. The maximum Gasteiger partial charge on any atom is 0.0708 e. The summed E-state index contributed by atoms with van der Waals surface area (Å²) < 4.78 is 11.8. The van der Waals surface area contributed by atoms with Crippen LogP contribution >= 0.6 is 0 Å². The fraction of sp³-hybridized carbons (Fsp3) is 1.00. The highest BCUT2D eigenvalue weighted by Crippen LogP contribution is 2.43. The molecule has 0 aromatic carbocycles. The second kappa shape index (κ2) is 7.61. The summed E-state index contributed by atoms with van der Waals surface area (Å²) in [5.74, 6) is 0. The van der Waals surface area contributed by atoms with Crippen molar-refractivity contribution in [2.45, 2.75) is 83.0 Å². The average Bonchev–Trinajstić information content (AvgIpc) is 2.99. The molecule has 0 amide bonds. The smallest absolute Gasteiger partial charge is 0.0708 e. The van der Waals surface area contributed by atoms with E-state index in [1.807, 2.05) is 0 Å². The summed E-state index contributed by atoms with van der Waals surface area (Å²) in [5.41, 5.74) is 0.289. The van der Waals surface area contributed by atoms with Crippen molar-refractivity contribution in [1.29, 1.82) is 0 Å². The van der Waals surface area contributed by atoms with Gasteiger partial charge in [-0.25, -0.2) is 0 Å². The lowest BCUT2D eigenvalue weighted by molar-refractivity contribution is -0.0350. The lowest BCUT2D eigenvalue weighted by Gasteiger charge is -2.23. The van der Waals surface area contributed by atoms with Gasteiger partial charge < -0.3 is 14.8 Å². The van der Waals surface area contributed by atoms with Crippen LogP contribution < -0.4 is 5.32 Å². The van der Waals surface area contributed by atoms with Crippen LogP contribution in [0.3, 0.4) is 0 Å². The Balaban J connectivity index is 1.46. The van der Waals surface area contributed by atoms with Crippen molar-refractivity contribution in [2.75, 3.05) is 19.7 Å². The molecule has 1 saturated heterocycles. The van der Waals surface area contributed by atoms with Crippen molar-refractivity contribution in [3.8, 4) is 0 Å². The van der Waals surface area contributed by atoms with Crippen LogP contribution in [0.15, 0.2) is 0 Å². The molecule has 1 N–H and O–H groups in total. The molecular weight excluding hydrogens is 238 g/mol. The molecule has 0 aromatic rings. The molecule has 2 fully saturated rings. The lowest BCUT2D eigenvalue weighted by atomic mass is 9.98. The Morgan fingerprint density at radius 2 is 2.00 bits per heavy atom. The first-order valence-electron chi connectivity index (χ1n) is 8.20. The monoisotopic (exact) mass is 269 g/mol. The minimum atomic E-state index is 0.289. The predicted molar refractivity (Wildman–Crippen MR) is 78.5 cm³/mol. The maximum absolute atomic E-state index is 6.28. The first-order chi connectivity index (χ1) is 9.20. The van der Waals surface area contributed by atoms with Crippen molar-refractivity contribution in [3.05, 3.63) is 0 Å². The highest BCUT2D eigenvalue weighted by atomic mass is 16.5. The van der Waals surface area contributed by atoms with Crippen LogP contribution in [0, 0.1) is 0 Å². The highest BCUT2D eigenvalue weighted by Gasteiger charge is 2.41. The molecule has 1 aliphatic heterocycles. The molecule has 0 radical (unpaired) electrons. The van der Waals surface area contributed by atoms with Crippen LogP contribution in [0.5, 0.6) is 0 Å². The standard InChI is InChI=1S/C16H31NO2/c1-14(2)18-12-6-5-11-17-13-15-7-10-16(19-15)8-3-4-9-16/h14-15,17H,3-13H2,1-2H3. The zero-order valence-electron chi connectivity index (χ0n) is 12.7. The van der Waals surface area contributed by atoms with Crippen LogP contribution in [0.4, 0.5) is 0 Å². The minimum absolute atomic E-state index is 0.289. The van der Waals surface area contributed by atoms with Crippen LogP contribution in [0.2, 0.25) is 0 Å². The minimum Gasteiger partial charge on any atom is -0.379 e. The third kappa shape index (κ3) is 5.05. The van der Waals surface area contributed by atoms with Gasteiger partial charge in [0.05, 0.1) is 17.8 Å². The van der Waals surface area contributed by atoms with Crippen molar-refractivity contribution >= 4 is 0 Å². The predicted octanol–water partition coefficient (Wildman–Crippen LogP) is 3.27. The number of hydrogen-bond acceptors (Lipinski definition) is 3. The summed E-state index contributed by atoms with van der Waals surface area (Å²) in [6.07, 6.45) is 11.1. The van der Waals surface area contributed by atoms with Gasteiger partial charge in [0.2, 0.25) is 0 Å². The Hall–Kier alpha value is -0.120. The second-order valence-electron chi connectivity index (χ2n) is 6.50. The zero-order valence-corrected chi connectivity index (χ0v) is 12.7. The topological polar surface area (TPSA) is 30.5 Å². The molecule has 1 saturated carbocycles. The Labute approximate surface area is 118 Å². The Morgan fingerprint density at radius 1 is 1.21 bits per heavy atom. The largest absolute Gasteiger partial charge is 0.379 e. The third-order valence-electron chi connectivity index (χ3n) is 4.42. The summed E-state index contributed by atoms with van der Waals surface area (Å²) in [5, 5.41) is 3.54. The fourth-order valence-corrected chi connectivity index (χ4v) is 3.36. The second-order valence-corrected chi connectivity index (χ2v) is 6.50. The molecule has 1 atom stereocenters. The van der Waals surface area contributed by atoms with Gasteiger partial charge in [-0.05, 0) is 58.9 Å².